The predicted molar refractivity (Wildman–Crippen MR) is 39.4 cm³/mol. The fraction of sp³-hybridized carbons (Fsp3) is 0.250. The summed E-state index contributed by atoms with van der Waals surface area (Å²) in [6.07, 6.45) is -4.53. The van der Waals surface area contributed by atoms with E-state index in [-0.39, 0.29) is 12.1 Å². The van der Waals surface area contributed by atoms with Crippen molar-refractivity contribution in [3.8, 4) is 0 Å². The van der Waals surface area contributed by atoms with Crippen molar-refractivity contribution >= 4 is 0 Å². The molecule has 0 saturated carbocycles. The van der Waals surface area contributed by atoms with Crippen LogP contribution < -0.4 is 0 Å². The largest absolute Gasteiger partial charge is 0.674 e. The van der Waals surface area contributed by atoms with Crippen molar-refractivity contribution in [1.29, 1.82) is 0 Å². The van der Waals surface area contributed by atoms with Crippen molar-refractivity contribution < 1.29 is 17.6 Å². The second kappa shape index (κ2) is 3.33. The SMILES string of the molecule is [NH-]Cc1ccc(C(F)(F)F)cc1F. The first-order valence-electron chi connectivity index (χ1n) is 3.45. The molecule has 0 heterocycles. The molecular weight excluding hydrogens is 186 g/mol. The Bertz CT molecular complexity index is 306. The molecule has 0 fully saturated rings. The first-order valence-corrected chi connectivity index (χ1v) is 3.45. The van der Waals surface area contributed by atoms with Crippen LogP contribution in [0.5, 0.6) is 0 Å². The third-order valence-corrected chi connectivity index (χ3v) is 1.57. The zero-order valence-corrected chi connectivity index (χ0v) is 6.45. The minimum atomic E-state index is -4.53. The van der Waals surface area contributed by atoms with Crippen LogP contribution in [-0.2, 0) is 12.7 Å². The maximum atomic E-state index is 12.8. The van der Waals surface area contributed by atoms with Gasteiger partial charge in [-0.2, -0.15) is 13.2 Å². The van der Waals surface area contributed by atoms with Crippen LogP contribution in [0.1, 0.15) is 11.1 Å². The van der Waals surface area contributed by atoms with Crippen LogP contribution >= 0.6 is 0 Å². The number of hydrogen-bond acceptors (Lipinski definition) is 0. The molecule has 0 radical (unpaired) electrons. The smallest absolute Gasteiger partial charge is 0.416 e. The Balaban J connectivity index is 3.10. The van der Waals surface area contributed by atoms with Gasteiger partial charge in [0, 0.05) is 0 Å². The van der Waals surface area contributed by atoms with Gasteiger partial charge in [-0.05, 0) is 17.7 Å². The molecule has 0 aromatic heterocycles. The van der Waals surface area contributed by atoms with Gasteiger partial charge < -0.3 is 5.73 Å². The Kier molecular flexibility index (Phi) is 2.56. The number of halogens is 4. The molecule has 0 aliphatic carbocycles. The number of benzene rings is 1. The molecule has 72 valence electrons. The van der Waals surface area contributed by atoms with Gasteiger partial charge in [0.25, 0.3) is 0 Å². The minimum Gasteiger partial charge on any atom is -0.674 e. The standard InChI is InChI=1S/C8H6F4N/c9-7-3-6(8(10,11)12)2-1-5(7)4-13/h1-3,13H,4H2/q-1. The number of nitrogens with one attached hydrogen (secondary N) is 1. The molecule has 1 N–H and O–H groups in total. The third-order valence-electron chi connectivity index (χ3n) is 1.57. The van der Waals surface area contributed by atoms with Crippen molar-refractivity contribution in [3.05, 3.63) is 40.9 Å². The van der Waals surface area contributed by atoms with E-state index < -0.39 is 17.6 Å². The first kappa shape index (κ1) is 9.98. The van der Waals surface area contributed by atoms with Crippen molar-refractivity contribution in [3.63, 3.8) is 0 Å². The van der Waals surface area contributed by atoms with Gasteiger partial charge >= 0.3 is 6.18 Å². The van der Waals surface area contributed by atoms with Crippen LogP contribution in [0, 0.1) is 5.82 Å². The van der Waals surface area contributed by atoms with E-state index in [4.69, 9.17) is 5.73 Å². The fourth-order valence-corrected chi connectivity index (χ4v) is 0.867. The van der Waals surface area contributed by atoms with E-state index in [1.165, 1.54) is 0 Å². The van der Waals surface area contributed by atoms with Crippen LogP contribution in [0.15, 0.2) is 18.2 Å². The van der Waals surface area contributed by atoms with Gasteiger partial charge in [0.15, 0.2) is 0 Å². The summed E-state index contributed by atoms with van der Waals surface area (Å²) < 4.78 is 48.7. The second-order valence-corrected chi connectivity index (χ2v) is 2.48. The lowest BCUT2D eigenvalue weighted by Crippen LogP contribution is -2.05. The summed E-state index contributed by atoms with van der Waals surface area (Å²) in [4.78, 5) is 0. The summed E-state index contributed by atoms with van der Waals surface area (Å²) in [5.41, 5.74) is 5.73. The van der Waals surface area contributed by atoms with E-state index in [2.05, 4.69) is 0 Å². The van der Waals surface area contributed by atoms with Crippen LogP contribution in [-0.4, -0.2) is 0 Å². The maximum absolute atomic E-state index is 12.8. The molecule has 13 heavy (non-hydrogen) atoms. The van der Waals surface area contributed by atoms with Crippen molar-refractivity contribution in [2.45, 2.75) is 12.7 Å². The van der Waals surface area contributed by atoms with E-state index in [0.29, 0.717) is 6.07 Å². The quantitative estimate of drug-likeness (QED) is 0.609. The van der Waals surface area contributed by atoms with Crippen LogP contribution in [0.25, 0.3) is 5.73 Å². The van der Waals surface area contributed by atoms with Gasteiger partial charge in [0.1, 0.15) is 5.82 Å². The lowest BCUT2D eigenvalue weighted by atomic mass is 10.1. The van der Waals surface area contributed by atoms with E-state index in [9.17, 15) is 17.6 Å². The molecule has 0 bridgehead atoms. The van der Waals surface area contributed by atoms with Crippen LogP contribution in [0.3, 0.4) is 0 Å². The van der Waals surface area contributed by atoms with Gasteiger partial charge in [-0.3, -0.25) is 0 Å². The summed E-state index contributed by atoms with van der Waals surface area (Å²) in [5.74, 6) is -0.982. The molecule has 5 heteroatoms. The lowest BCUT2D eigenvalue weighted by molar-refractivity contribution is -0.137. The van der Waals surface area contributed by atoms with E-state index in [0.717, 1.165) is 12.1 Å². The van der Waals surface area contributed by atoms with E-state index in [1.54, 1.807) is 0 Å². The predicted octanol–water partition coefficient (Wildman–Crippen LogP) is 3.40. The fourth-order valence-electron chi connectivity index (χ4n) is 0.867. The Morgan fingerprint density at radius 1 is 1.23 bits per heavy atom. The summed E-state index contributed by atoms with van der Waals surface area (Å²) in [6, 6.07) is 2.15. The summed E-state index contributed by atoms with van der Waals surface area (Å²) in [5, 5.41) is 0. The third kappa shape index (κ3) is 2.18. The van der Waals surface area contributed by atoms with E-state index in [1.807, 2.05) is 0 Å². The zero-order chi connectivity index (χ0) is 10.1. The molecular formula is C8H6F4N-. The Labute approximate surface area is 72.2 Å². The average molecular weight is 192 g/mol. The summed E-state index contributed by atoms with van der Waals surface area (Å²) >= 11 is 0. The highest BCUT2D eigenvalue weighted by atomic mass is 19.4. The highest BCUT2D eigenvalue weighted by molar-refractivity contribution is 5.26. The molecule has 1 aromatic rings. The average Bonchev–Trinajstić information content (AvgIpc) is 2.02. The lowest BCUT2D eigenvalue weighted by Gasteiger charge is -2.09. The highest BCUT2D eigenvalue weighted by Gasteiger charge is 2.30. The van der Waals surface area contributed by atoms with Crippen LogP contribution in [0.4, 0.5) is 17.6 Å². The number of alkyl halides is 3. The second-order valence-electron chi connectivity index (χ2n) is 2.48. The zero-order valence-electron chi connectivity index (χ0n) is 6.45. The normalized spacial score (nSPS) is 11.8. The molecule has 1 aromatic carbocycles. The summed E-state index contributed by atoms with van der Waals surface area (Å²) in [6.45, 7) is -0.357. The molecule has 1 rings (SSSR count). The molecule has 0 saturated heterocycles. The maximum Gasteiger partial charge on any atom is 0.416 e. The van der Waals surface area contributed by atoms with Gasteiger partial charge in [-0.15, -0.1) is 6.54 Å². The van der Waals surface area contributed by atoms with Crippen LogP contribution in [0.2, 0.25) is 0 Å². The van der Waals surface area contributed by atoms with E-state index >= 15 is 0 Å². The van der Waals surface area contributed by atoms with Gasteiger partial charge in [0.2, 0.25) is 0 Å². The minimum absolute atomic E-state index is 0.0343. The highest BCUT2D eigenvalue weighted by Crippen LogP contribution is 2.30. The molecule has 0 atom stereocenters. The van der Waals surface area contributed by atoms with Gasteiger partial charge in [-0.1, -0.05) is 6.07 Å². The number of rotatable bonds is 1. The Hall–Kier alpha value is -1.10. The molecule has 0 aliphatic heterocycles. The topological polar surface area (TPSA) is 23.8 Å². The van der Waals surface area contributed by atoms with Gasteiger partial charge in [0.05, 0.1) is 5.56 Å². The molecule has 1 nitrogen and oxygen atoms in total. The Morgan fingerprint density at radius 2 is 1.85 bits per heavy atom. The molecule has 0 spiro atoms. The molecule has 0 aliphatic rings. The van der Waals surface area contributed by atoms with Gasteiger partial charge in [-0.25, -0.2) is 4.39 Å². The van der Waals surface area contributed by atoms with Crippen molar-refractivity contribution in [1.82, 2.24) is 0 Å². The first-order chi connectivity index (χ1) is 5.95. The Morgan fingerprint density at radius 3 is 2.23 bits per heavy atom. The summed E-state index contributed by atoms with van der Waals surface area (Å²) in [7, 11) is 0. The monoisotopic (exact) mass is 192 g/mol. The molecule has 0 unspecified atom stereocenters. The van der Waals surface area contributed by atoms with Crippen molar-refractivity contribution in [2.24, 2.45) is 0 Å². The van der Waals surface area contributed by atoms with Crippen molar-refractivity contribution in [2.75, 3.05) is 0 Å². The number of hydrogen-bond donors (Lipinski definition) is 0. The molecule has 0 amide bonds.